The molecule has 0 aromatic heterocycles. The Balaban J connectivity index is 1.55. The van der Waals surface area contributed by atoms with Gasteiger partial charge in [-0.05, 0) is 34.5 Å². The minimum absolute atomic E-state index is 0.206. The highest BCUT2D eigenvalue weighted by atomic mass is 32.2. The van der Waals surface area contributed by atoms with Gasteiger partial charge in [0.1, 0.15) is 0 Å². The first-order chi connectivity index (χ1) is 12.6. The molecule has 6 heteroatoms. The molecule has 2 N–H and O–H groups in total. The van der Waals surface area contributed by atoms with E-state index >= 15 is 0 Å². The van der Waals surface area contributed by atoms with Crippen molar-refractivity contribution in [1.82, 2.24) is 5.43 Å². The predicted molar refractivity (Wildman–Crippen MR) is 104 cm³/mol. The van der Waals surface area contributed by atoms with Gasteiger partial charge in [-0.3, -0.25) is 4.79 Å². The minimum atomic E-state index is -0.979. The maximum atomic E-state index is 12.0. The third-order valence-electron chi connectivity index (χ3n) is 3.67. The van der Waals surface area contributed by atoms with Crippen LogP contribution >= 0.6 is 11.8 Å². The monoisotopic (exact) mass is 364 g/mol. The Morgan fingerprint density at radius 3 is 2.50 bits per heavy atom. The quantitative estimate of drug-likeness (QED) is 0.396. The fourth-order valence-corrected chi connectivity index (χ4v) is 3.26. The van der Waals surface area contributed by atoms with Crippen molar-refractivity contribution in [1.29, 1.82) is 0 Å². The normalized spacial score (nSPS) is 10.9. The Kier molecular flexibility index (Phi) is 5.66. The summed E-state index contributed by atoms with van der Waals surface area (Å²) in [6.07, 6.45) is 1.48. The maximum Gasteiger partial charge on any atom is 0.335 e. The number of aromatic carboxylic acids is 1. The van der Waals surface area contributed by atoms with E-state index in [1.165, 1.54) is 30.1 Å². The lowest BCUT2D eigenvalue weighted by Gasteiger charge is -2.05. The molecule has 3 rings (SSSR count). The first-order valence-corrected chi connectivity index (χ1v) is 8.88. The minimum Gasteiger partial charge on any atom is -0.478 e. The molecule has 1 amide bonds. The Bertz CT molecular complexity index is 963. The van der Waals surface area contributed by atoms with Crippen molar-refractivity contribution in [2.45, 2.75) is 4.90 Å². The van der Waals surface area contributed by atoms with E-state index in [-0.39, 0.29) is 17.2 Å². The van der Waals surface area contributed by atoms with Gasteiger partial charge in [-0.2, -0.15) is 5.10 Å². The average Bonchev–Trinajstić information content (AvgIpc) is 2.66. The molecule has 0 aliphatic heterocycles. The van der Waals surface area contributed by atoms with E-state index in [1.807, 2.05) is 42.5 Å². The predicted octanol–water partition coefficient (Wildman–Crippen LogP) is 3.78. The summed E-state index contributed by atoms with van der Waals surface area (Å²) in [6.45, 7) is 0. The third kappa shape index (κ3) is 4.49. The highest BCUT2D eigenvalue weighted by molar-refractivity contribution is 8.00. The highest BCUT2D eigenvalue weighted by Crippen LogP contribution is 2.27. The zero-order valence-electron chi connectivity index (χ0n) is 13.8. The molecule has 0 aliphatic carbocycles. The van der Waals surface area contributed by atoms with Gasteiger partial charge in [-0.25, -0.2) is 10.2 Å². The number of rotatable bonds is 6. The number of thioether (sulfide) groups is 1. The number of amides is 1. The van der Waals surface area contributed by atoms with Crippen molar-refractivity contribution in [3.8, 4) is 0 Å². The zero-order valence-corrected chi connectivity index (χ0v) is 14.6. The van der Waals surface area contributed by atoms with Gasteiger partial charge in [0.15, 0.2) is 0 Å². The van der Waals surface area contributed by atoms with Crippen LogP contribution in [0.4, 0.5) is 0 Å². The van der Waals surface area contributed by atoms with Crippen molar-refractivity contribution in [2.75, 3.05) is 5.75 Å². The molecule has 130 valence electrons. The maximum absolute atomic E-state index is 12.0. The SMILES string of the molecule is O=C(CSc1cccc2ccccc12)N/N=C\c1ccc(C(=O)O)cc1. The third-order valence-corrected chi connectivity index (χ3v) is 4.74. The number of nitrogens with one attached hydrogen (secondary N) is 1. The summed E-state index contributed by atoms with van der Waals surface area (Å²) < 4.78 is 0. The molecule has 0 radical (unpaired) electrons. The van der Waals surface area contributed by atoms with Gasteiger partial charge in [-0.1, -0.05) is 48.5 Å². The summed E-state index contributed by atoms with van der Waals surface area (Å²) >= 11 is 1.46. The van der Waals surface area contributed by atoms with Gasteiger partial charge in [0, 0.05) is 4.90 Å². The molecule has 3 aromatic carbocycles. The molecular weight excluding hydrogens is 348 g/mol. The van der Waals surface area contributed by atoms with Crippen LogP contribution in [0.2, 0.25) is 0 Å². The number of fused-ring (bicyclic) bond motifs is 1. The van der Waals surface area contributed by atoms with E-state index in [1.54, 1.807) is 12.1 Å². The van der Waals surface area contributed by atoms with Crippen LogP contribution < -0.4 is 5.43 Å². The second-order valence-corrected chi connectivity index (χ2v) is 6.50. The van der Waals surface area contributed by atoms with Gasteiger partial charge in [0.05, 0.1) is 17.5 Å². The first-order valence-electron chi connectivity index (χ1n) is 7.89. The number of hydrogen-bond donors (Lipinski definition) is 2. The smallest absolute Gasteiger partial charge is 0.335 e. The average molecular weight is 364 g/mol. The van der Waals surface area contributed by atoms with Crippen LogP contribution in [0.5, 0.6) is 0 Å². The fraction of sp³-hybridized carbons (Fsp3) is 0.0500. The van der Waals surface area contributed by atoms with Gasteiger partial charge in [-0.15, -0.1) is 11.8 Å². The molecule has 0 fully saturated rings. The highest BCUT2D eigenvalue weighted by Gasteiger charge is 2.05. The molecule has 0 atom stereocenters. The van der Waals surface area contributed by atoms with Crippen molar-refractivity contribution in [2.24, 2.45) is 5.10 Å². The van der Waals surface area contributed by atoms with E-state index in [4.69, 9.17) is 5.11 Å². The number of carbonyl (C=O) groups is 2. The van der Waals surface area contributed by atoms with Crippen LogP contribution in [0.1, 0.15) is 15.9 Å². The molecule has 26 heavy (non-hydrogen) atoms. The standard InChI is InChI=1S/C20H16N2O3S/c23-19(22-21-12-14-8-10-16(11-9-14)20(24)25)13-26-18-7-3-5-15-4-1-2-6-17(15)18/h1-12H,13H2,(H,22,23)(H,24,25)/b21-12-. The molecule has 0 spiro atoms. The van der Waals surface area contributed by atoms with E-state index in [2.05, 4.69) is 10.5 Å². The summed E-state index contributed by atoms with van der Waals surface area (Å²) in [5, 5.41) is 15.0. The van der Waals surface area contributed by atoms with Gasteiger partial charge in [0.25, 0.3) is 0 Å². The Morgan fingerprint density at radius 1 is 1.00 bits per heavy atom. The summed E-state index contributed by atoms with van der Waals surface area (Å²) in [6, 6.07) is 20.3. The number of hydrogen-bond acceptors (Lipinski definition) is 4. The van der Waals surface area contributed by atoms with Crippen LogP contribution in [-0.2, 0) is 4.79 Å². The van der Waals surface area contributed by atoms with E-state index in [0.29, 0.717) is 5.56 Å². The molecule has 3 aromatic rings. The lowest BCUT2D eigenvalue weighted by Crippen LogP contribution is -2.19. The Morgan fingerprint density at radius 2 is 1.73 bits per heavy atom. The van der Waals surface area contributed by atoms with E-state index in [0.717, 1.165) is 15.7 Å². The Labute approximate surface area is 154 Å². The number of carboxylic acids is 1. The van der Waals surface area contributed by atoms with E-state index < -0.39 is 5.97 Å². The number of hydrazone groups is 1. The number of carboxylic acid groups (broad SMARTS) is 1. The Hall–Kier alpha value is -3.12. The van der Waals surface area contributed by atoms with Crippen molar-refractivity contribution in [3.63, 3.8) is 0 Å². The topological polar surface area (TPSA) is 78.8 Å². The van der Waals surface area contributed by atoms with E-state index in [9.17, 15) is 9.59 Å². The molecule has 0 saturated heterocycles. The van der Waals surface area contributed by atoms with Crippen molar-refractivity contribution < 1.29 is 14.7 Å². The second-order valence-electron chi connectivity index (χ2n) is 5.49. The van der Waals surface area contributed by atoms with Gasteiger partial charge < -0.3 is 5.11 Å². The summed E-state index contributed by atoms with van der Waals surface area (Å²) in [7, 11) is 0. The first kappa shape index (κ1) is 17.7. The van der Waals surface area contributed by atoms with Crippen LogP contribution in [0.25, 0.3) is 10.8 Å². The molecular formula is C20H16N2O3S. The lowest BCUT2D eigenvalue weighted by atomic mass is 10.1. The van der Waals surface area contributed by atoms with Crippen LogP contribution in [0, 0.1) is 0 Å². The summed E-state index contributed by atoms with van der Waals surface area (Å²) in [5.41, 5.74) is 3.39. The van der Waals surface area contributed by atoms with Crippen LogP contribution in [0.3, 0.4) is 0 Å². The van der Waals surface area contributed by atoms with Gasteiger partial charge >= 0.3 is 5.97 Å². The van der Waals surface area contributed by atoms with Crippen molar-refractivity contribution in [3.05, 3.63) is 77.9 Å². The molecule has 5 nitrogen and oxygen atoms in total. The number of carbonyl (C=O) groups excluding carboxylic acids is 1. The fourth-order valence-electron chi connectivity index (χ4n) is 2.39. The summed E-state index contributed by atoms with van der Waals surface area (Å²) in [5.74, 6) is -0.933. The lowest BCUT2D eigenvalue weighted by molar-refractivity contribution is -0.118. The number of nitrogens with zero attached hydrogens (tertiary/aromatic N) is 1. The molecule has 0 saturated carbocycles. The number of benzene rings is 3. The van der Waals surface area contributed by atoms with Gasteiger partial charge in [0.2, 0.25) is 5.91 Å². The molecule has 0 unspecified atom stereocenters. The van der Waals surface area contributed by atoms with Crippen LogP contribution in [-0.4, -0.2) is 29.0 Å². The van der Waals surface area contributed by atoms with Crippen molar-refractivity contribution >= 4 is 40.6 Å². The largest absolute Gasteiger partial charge is 0.478 e. The molecule has 0 bridgehead atoms. The van der Waals surface area contributed by atoms with Crippen LogP contribution in [0.15, 0.2) is 76.7 Å². The second kappa shape index (κ2) is 8.31. The zero-order chi connectivity index (χ0) is 18.4. The summed E-state index contributed by atoms with van der Waals surface area (Å²) in [4.78, 5) is 23.8. The molecule has 0 aliphatic rings. The molecule has 0 heterocycles.